The molecule has 1 saturated heterocycles. The predicted octanol–water partition coefficient (Wildman–Crippen LogP) is -0.605. The molecular weight excluding hydrogens is 318 g/mol. The van der Waals surface area contributed by atoms with Gasteiger partial charge in [-0.3, -0.25) is 14.5 Å². The number of Topliss-reactive ketones (excluding diaryl/α,β-unsaturated/α-hetero) is 1. The number of hydrogen-bond acceptors (Lipinski definition) is 6. The van der Waals surface area contributed by atoms with Gasteiger partial charge in [-0.25, -0.2) is 9.59 Å². The van der Waals surface area contributed by atoms with Crippen LogP contribution in [-0.4, -0.2) is 72.9 Å². The van der Waals surface area contributed by atoms with Gasteiger partial charge in [0.15, 0.2) is 5.57 Å². The van der Waals surface area contributed by atoms with Crippen molar-refractivity contribution >= 4 is 23.7 Å². The molecular formula is C15H19N3O6. The minimum atomic E-state index is -1.50. The van der Waals surface area contributed by atoms with Crippen molar-refractivity contribution in [2.45, 2.75) is 12.8 Å². The minimum absolute atomic E-state index is 0.0158. The maximum Gasteiger partial charge on any atom is 0.382 e. The van der Waals surface area contributed by atoms with Gasteiger partial charge in [0, 0.05) is 33.1 Å². The lowest BCUT2D eigenvalue weighted by molar-refractivity contribution is -0.131. The Kier molecular flexibility index (Phi) is 6.79. The van der Waals surface area contributed by atoms with Crippen LogP contribution in [0, 0.1) is 11.8 Å². The number of carboxylic acid groups (broad SMARTS) is 1. The van der Waals surface area contributed by atoms with E-state index in [9.17, 15) is 19.2 Å². The second-order valence-electron chi connectivity index (χ2n) is 4.88. The van der Waals surface area contributed by atoms with E-state index in [4.69, 9.17) is 9.84 Å². The molecule has 0 saturated carbocycles. The zero-order valence-electron chi connectivity index (χ0n) is 13.7. The van der Waals surface area contributed by atoms with E-state index < -0.39 is 29.3 Å². The van der Waals surface area contributed by atoms with Crippen molar-refractivity contribution in [3.8, 4) is 11.8 Å². The number of ether oxygens (including phenoxy) is 1. The third-order valence-electron chi connectivity index (χ3n) is 3.35. The third-order valence-corrected chi connectivity index (χ3v) is 3.35. The van der Waals surface area contributed by atoms with Gasteiger partial charge in [0.25, 0.3) is 5.91 Å². The minimum Gasteiger partial charge on any atom is -0.482 e. The summed E-state index contributed by atoms with van der Waals surface area (Å²) in [5.41, 5.74) is -0.473. The van der Waals surface area contributed by atoms with Crippen molar-refractivity contribution in [1.82, 2.24) is 15.1 Å². The summed E-state index contributed by atoms with van der Waals surface area (Å²) < 4.78 is 5.20. The lowest BCUT2D eigenvalue weighted by atomic mass is 10.1. The molecule has 2 N–H and O–H groups in total. The fourth-order valence-corrected chi connectivity index (χ4v) is 2.20. The Labute approximate surface area is 139 Å². The largest absolute Gasteiger partial charge is 0.482 e. The molecule has 1 rings (SSSR count). The maximum absolute atomic E-state index is 12.6. The van der Waals surface area contributed by atoms with Crippen LogP contribution in [0.4, 0.5) is 4.79 Å². The molecule has 0 radical (unpaired) electrons. The molecule has 0 atom stereocenters. The number of nitrogens with zero attached hydrogens (tertiary/aromatic N) is 2. The summed E-state index contributed by atoms with van der Waals surface area (Å²) in [6.45, 7) is 1.15. The maximum atomic E-state index is 12.6. The second kappa shape index (κ2) is 8.57. The highest BCUT2D eigenvalue weighted by molar-refractivity contribution is 6.28. The highest BCUT2D eigenvalue weighted by Gasteiger charge is 2.32. The Morgan fingerprint density at radius 3 is 2.21 bits per heavy atom. The highest BCUT2D eigenvalue weighted by atomic mass is 16.5. The number of nitrogens with one attached hydrogen (secondary N) is 1. The summed E-state index contributed by atoms with van der Waals surface area (Å²) in [7, 11) is 3.81. The van der Waals surface area contributed by atoms with Gasteiger partial charge in [0.2, 0.25) is 11.7 Å². The number of hydrogen-bond donors (Lipinski definition) is 2. The zero-order valence-corrected chi connectivity index (χ0v) is 13.7. The number of carboxylic acids is 1. The fraction of sp³-hybridized carbons (Fsp3) is 0.467. The van der Waals surface area contributed by atoms with Crippen LogP contribution in [0.25, 0.3) is 0 Å². The van der Waals surface area contributed by atoms with Gasteiger partial charge in [-0.1, -0.05) is 0 Å². The van der Waals surface area contributed by atoms with Crippen LogP contribution in [0.3, 0.4) is 0 Å². The monoisotopic (exact) mass is 337 g/mol. The first-order valence-corrected chi connectivity index (χ1v) is 7.15. The number of likely N-dealkylation sites (tertiary alicyclic amines) is 1. The van der Waals surface area contributed by atoms with E-state index in [1.54, 1.807) is 10.8 Å². The molecule has 1 aliphatic heterocycles. The molecule has 0 aromatic heterocycles. The molecule has 0 aliphatic carbocycles. The number of carbonyl (C=O) groups excluding carboxylic acids is 3. The fourth-order valence-electron chi connectivity index (χ4n) is 2.20. The normalized spacial score (nSPS) is 14.0. The van der Waals surface area contributed by atoms with Crippen molar-refractivity contribution in [3.63, 3.8) is 0 Å². The quantitative estimate of drug-likeness (QED) is 0.176. The third kappa shape index (κ3) is 4.49. The van der Waals surface area contributed by atoms with Crippen LogP contribution in [0.2, 0.25) is 0 Å². The first-order valence-electron chi connectivity index (χ1n) is 7.15. The molecule has 24 heavy (non-hydrogen) atoms. The molecule has 1 aliphatic rings. The van der Waals surface area contributed by atoms with Gasteiger partial charge in [-0.05, 0) is 18.8 Å². The van der Waals surface area contributed by atoms with Crippen molar-refractivity contribution in [2.75, 3.05) is 34.3 Å². The molecule has 1 fully saturated rings. The number of ketones is 1. The van der Waals surface area contributed by atoms with Crippen LogP contribution in [0.5, 0.6) is 0 Å². The summed E-state index contributed by atoms with van der Waals surface area (Å²) >= 11 is 0. The predicted molar refractivity (Wildman–Crippen MR) is 82.5 cm³/mol. The number of likely N-dealkylation sites (N-methyl/N-ethyl adjacent to an activating group) is 1. The van der Waals surface area contributed by atoms with E-state index in [1.165, 1.54) is 21.2 Å². The average molecular weight is 337 g/mol. The van der Waals surface area contributed by atoms with Crippen LogP contribution in [-0.2, 0) is 19.1 Å². The number of amides is 3. The first kappa shape index (κ1) is 19.0. The van der Waals surface area contributed by atoms with Crippen molar-refractivity contribution in [1.29, 1.82) is 0 Å². The van der Waals surface area contributed by atoms with Crippen LogP contribution in [0.1, 0.15) is 12.8 Å². The molecule has 0 bridgehead atoms. The number of rotatable bonds is 4. The Bertz CT molecular complexity index is 637. The van der Waals surface area contributed by atoms with Gasteiger partial charge in [0.05, 0.1) is 7.11 Å². The van der Waals surface area contributed by atoms with Gasteiger partial charge >= 0.3 is 12.0 Å². The first-order chi connectivity index (χ1) is 11.3. The Morgan fingerprint density at radius 1 is 1.17 bits per heavy atom. The second-order valence-corrected chi connectivity index (χ2v) is 4.88. The number of imide groups is 1. The number of carbonyl (C=O) groups is 4. The number of aliphatic carboxylic acids is 1. The summed E-state index contributed by atoms with van der Waals surface area (Å²) in [4.78, 5) is 49.4. The van der Waals surface area contributed by atoms with Crippen molar-refractivity contribution < 1.29 is 29.0 Å². The SMILES string of the molecule is CNC(=O)N(C)C(=O)/C(C(=O)C#CC(=O)O)=C(/OC)N1CCCC1. The summed E-state index contributed by atoms with van der Waals surface area (Å²) in [5.74, 6) is 0.0764. The Morgan fingerprint density at radius 2 is 1.75 bits per heavy atom. The molecule has 9 nitrogen and oxygen atoms in total. The zero-order chi connectivity index (χ0) is 18.3. The Hall–Kier alpha value is -3.02. The van der Waals surface area contributed by atoms with E-state index in [1.807, 2.05) is 5.92 Å². The van der Waals surface area contributed by atoms with Crippen LogP contribution < -0.4 is 5.32 Å². The topological polar surface area (TPSA) is 116 Å². The molecule has 3 amide bonds. The molecule has 1 heterocycles. The van der Waals surface area contributed by atoms with Gasteiger partial charge in [-0.15, -0.1) is 0 Å². The van der Waals surface area contributed by atoms with E-state index in [0.29, 0.717) is 18.0 Å². The molecule has 0 spiro atoms. The Balaban J connectivity index is 3.37. The lowest BCUT2D eigenvalue weighted by Crippen LogP contribution is -2.42. The summed E-state index contributed by atoms with van der Waals surface area (Å²) in [6.07, 6.45) is 1.71. The molecule has 0 unspecified atom stereocenters. The lowest BCUT2D eigenvalue weighted by Gasteiger charge is -2.23. The highest BCUT2D eigenvalue weighted by Crippen LogP contribution is 2.20. The average Bonchev–Trinajstić information content (AvgIpc) is 3.09. The van der Waals surface area contributed by atoms with Crippen LogP contribution >= 0.6 is 0 Å². The van der Waals surface area contributed by atoms with E-state index in [2.05, 4.69) is 5.32 Å². The number of urea groups is 1. The molecule has 9 heteroatoms. The van der Waals surface area contributed by atoms with E-state index in [-0.39, 0.29) is 5.88 Å². The van der Waals surface area contributed by atoms with Crippen molar-refractivity contribution in [2.24, 2.45) is 0 Å². The number of methoxy groups -OCH3 is 1. The summed E-state index contributed by atoms with van der Waals surface area (Å²) in [6, 6.07) is -0.728. The van der Waals surface area contributed by atoms with Crippen LogP contribution in [0.15, 0.2) is 11.5 Å². The van der Waals surface area contributed by atoms with E-state index >= 15 is 0 Å². The van der Waals surface area contributed by atoms with Gasteiger partial charge in [-0.2, -0.15) is 0 Å². The standard InChI is InChI=1S/C15H19N3O6/c1-16-15(23)17(2)13(22)12(10(19)6-7-11(20)21)14(24-3)18-8-4-5-9-18/h4-5,8-9H2,1-3H3,(H,16,23)(H,20,21)/b14-12+. The van der Waals surface area contributed by atoms with Crippen molar-refractivity contribution in [3.05, 3.63) is 11.5 Å². The molecule has 0 aromatic rings. The van der Waals surface area contributed by atoms with E-state index in [0.717, 1.165) is 12.8 Å². The van der Waals surface area contributed by atoms with Gasteiger partial charge in [0.1, 0.15) is 0 Å². The molecule has 0 aromatic carbocycles. The smallest absolute Gasteiger partial charge is 0.382 e. The molecule has 130 valence electrons. The summed E-state index contributed by atoms with van der Waals surface area (Å²) in [5, 5.41) is 10.8. The van der Waals surface area contributed by atoms with Gasteiger partial charge < -0.3 is 20.1 Å².